The van der Waals surface area contributed by atoms with Gasteiger partial charge in [0.1, 0.15) is 5.75 Å². The van der Waals surface area contributed by atoms with E-state index in [0.29, 0.717) is 21.3 Å². The maximum Gasteiger partial charge on any atom is 0.427 e. The van der Waals surface area contributed by atoms with Crippen LogP contribution in [0.25, 0.3) is 6.08 Å². The van der Waals surface area contributed by atoms with Gasteiger partial charge in [-0.3, -0.25) is 4.79 Å². The van der Waals surface area contributed by atoms with E-state index in [0.717, 1.165) is 4.90 Å². The molecule has 1 saturated heterocycles. The van der Waals surface area contributed by atoms with Crippen LogP contribution in [0.3, 0.4) is 0 Å². The predicted octanol–water partition coefficient (Wildman–Crippen LogP) is 3.55. The zero-order valence-corrected chi connectivity index (χ0v) is 13.6. The summed E-state index contributed by atoms with van der Waals surface area (Å²) in [5, 5.41) is 18.3. The molecule has 3 rings (SSSR count). The van der Waals surface area contributed by atoms with Crippen LogP contribution in [0.5, 0.6) is 5.75 Å². The van der Waals surface area contributed by atoms with Crippen molar-refractivity contribution in [3.63, 3.8) is 0 Å². The molecule has 0 aliphatic carbocycles. The monoisotopic (exact) mass is 384 g/mol. The van der Waals surface area contributed by atoms with Gasteiger partial charge in [0.05, 0.1) is 21.8 Å². The summed E-state index contributed by atoms with van der Waals surface area (Å²) in [6.45, 7) is 0. The fraction of sp³-hybridized carbons (Fsp3) is 0. The number of benzene rings is 2. The number of anilines is 1. The molecule has 24 heavy (non-hydrogen) atoms. The molecule has 0 atom stereocenters. The molecule has 0 radical (unpaired) electrons. The highest BCUT2D eigenvalue weighted by Gasteiger charge is 2.37. The Balaban J connectivity index is 1.92. The van der Waals surface area contributed by atoms with Gasteiger partial charge in [-0.05, 0) is 64.0 Å². The molecule has 6 nitrogen and oxygen atoms in total. The number of rotatable bonds is 2. The number of imide groups is 1. The third-order valence-corrected chi connectivity index (χ3v) is 3.95. The Kier molecular flexibility index (Phi) is 4.06. The molecule has 2 aromatic carbocycles. The number of phenols is 1. The lowest BCUT2D eigenvalue weighted by Gasteiger charge is -2.09. The van der Waals surface area contributed by atoms with E-state index < -0.39 is 12.0 Å². The second-order valence-electron chi connectivity index (χ2n) is 4.89. The summed E-state index contributed by atoms with van der Waals surface area (Å²) in [4.78, 5) is 25.3. The Morgan fingerprint density at radius 2 is 1.88 bits per heavy atom. The first-order chi connectivity index (χ1) is 11.5. The van der Waals surface area contributed by atoms with E-state index in [1.54, 1.807) is 12.1 Å². The lowest BCUT2D eigenvalue weighted by Crippen LogP contribution is -2.28. The summed E-state index contributed by atoms with van der Waals surface area (Å²) in [5.74, 6) is -0.665. The summed E-state index contributed by atoms with van der Waals surface area (Å²) >= 11 is 3.18. The van der Waals surface area contributed by atoms with Crippen LogP contribution < -0.4 is 4.90 Å². The van der Waals surface area contributed by atoms with Crippen LogP contribution in [0.1, 0.15) is 11.1 Å². The maximum atomic E-state index is 12.4. The molecule has 2 amide bonds. The first-order valence-corrected chi connectivity index (χ1v) is 7.55. The first kappa shape index (κ1) is 15.8. The lowest BCUT2D eigenvalue weighted by atomic mass is 10.2. The molecule has 0 saturated carbocycles. The van der Waals surface area contributed by atoms with E-state index in [2.05, 4.69) is 15.9 Å². The zero-order chi connectivity index (χ0) is 17.3. The van der Waals surface area contributed by atoms with E-state index in [1.165, 1.54) is 36.4 Å². The second-order valence-corrected chi connectivity index (χ2v) is 5.74. The molecule has 0 unspecified atom stereocenters. The van der Waals surface area contributed by atoms with Crippen molar-refractivity contribution in [2.45, 2.75) is 0 Å². The fourth-order valence-electron chi connectivity index (χ4n) is 2.14. The standard InChI is InChI=1S/C17H9BrN2O4/c18-13-7-11(3-6-14(13)21)8-15-16(22)20(17(23)24-15)12-4-1-10(9-19)2-5-12/h1-8,21H/b15-8+. The summed E-state index contributed by atoms with van der Waals surface area (Å²) in [6.07, 6.45) is 0.600. The third kappa shape index (κ3) is 2.87. The van der Waals surface area contributed by atoms with Crippen molar-refractivity contribution < 1.29 is 19.4 Å². The SMILES string of the molecule is N#Cc1ccc(N2C(=O)O/C(=C/c3ccc(O)c(Br)c3)C2=O)cc1. The van der Waals surface area contributed by atoms with Gasteiger partial charge in [-0.15, -0.1) is 0 Å². The highest BCUT2D eigenvalue weighted by molar-refractivity contribution is 9.10. The van der Waals surface area contributed by atoms with Crippen LogP contribution in [0.2, 0.25) is 0 Å². The van der Waals surface area contributed by atoms with Crippen molar-refractivity contribution in [2.24, 2.45) is 0 Å². The normalized spacial score (nSPS) is 15.5. The Bertz CT molecular complexity index is 913. The van der Waals surface area contributed by atoms with Gasteiger partial charge in [-0.1, -0.05) is 6.07 Å². The number of phenolic OH excluding ortho intramolecular Hbond substituents is 1. The molecule has 1 aliphatic heterocycles. The average Bonchev–Trinajstić information content (AvgIpc) is 2.85. The number of hydrogen-bond donors (Lipinski definition) is 1. The minimum absolute atomic E-state index is 0.0612. The van der Waals surface area contributed by atoms with Gasteiger partial charge in [0, 0.05) is 0 Å². The number of carbonyl (C=O) groups is 2. The lowest BCUT2D eigenvalue weighted by molar-refractivity contribution is -0.114. The Labute approximate surface area is 145 Å². The van der Waals surface area contributed by atoms with Crippen molar-refractivity contribution in [1.82, 2.24) is 0 Å². The van der Waals surface area contributed by atoms with Crippen LogP contribution in [0, 0.1) is 11.3 Å². The maximum absolute atomic E-state index is 12.4. The molecule has 2 aromatic rings. The Morgan fingerprint density at radius 1 is 1.17 bits per heavy atom. The number of halogens is 1. The van der Waals surface area contributed by atoms with Crippen LogP contribution in [-0.2, 0) is 9.53 Å². The Morgan fingerprint density at radius 3 is 2.50 bits per heavy atom. The van der Waals surface area contributed by atoms with Crippen molar-refractivity contribution in [2.75, 3.05) is 4.90 Å². The van der Waals surface area contributed by atoms with Crippen molar-refractivity contribution in [3.05, 3.63) is 63.8 Å². The van der Waals surface area contributed by atoms with Gasteiger partial charge in [-0.2, -0.15) is 5.26 Å². The van der Waals surface area contributed by atoms with Crippen LogP contribution in [0.15, 0.2) is 52.7 Å². The highest BCUT2D eigenvalue weighted by Crippen LogP contribution is 2.29. The van der Waals surface area contributed by atoms with Crippen LogP contribution in [-0.4, -0.2) is 17.1 Å². The molecule has 1 heterocycles. The van der Waals surface area contributed by atoms with Crippen LogP contribution in [0.4, 0.5) is 10.5 Å². The Hall–Kier alpha value is -3.11. The molecule has 118 valence electrons. The van der Waals surface area contributed by atoms with Crippen LogP contribution >= 0.6 is 15.9 Å². The summed E-state index contributed by atoms with van der Waals surface area (Å²) < 4.78 is 5.48. The van der Waals surface area contributed by atoms with E-state index in [-0.39, 0.29) is 11.5 Å². The van der Waals surface area contributed by atoms with E-state index in [1.807, 2.05) is 6.07 Å². The smallest absolute Gasteiger partial charge is 0.427 e. The van der Waals surface area contributed by atoms with Gasteiger partial charge in [0.2, 0.25) is 0 Å². The molecular formula is C17H9BrN2O4. The van der Waals surface area contributed by atoms with Gasteiger partial charge >= 0.3 is 12.0 Å². The molecule has 1 fully saturated rings. The summed E-state index contributed by atoms with van der Waals surface area (Å²) in [6, 6.07) is 12.6. The van der Waals surface area contributed by atoms with Crippen molar-refractivity contribution in [1.29, 1.82) is 5.26 Å². The molecular weight excluding hydrogens is 376 g/mol. The first-order valence-electron chi connectivity index (χ1n) is 6.76. The molecule has 1 N–H and O–H groups in total. The number of hydrogen-bond acceptors (Lipinski definition) is 5. The number of nitrogens with zero attached hydrogens (tertiary/aromatic N) is 2. The van der Waals surface area contributed by atoms with Crippen molar-refractivity contribution >= 4 is 39.7 Å². The largest absolute Gasteiger partial charge is 0.507 e. The number of cyclic esters (lactones) is 1. The molecule has 7 heteroatoms. The second kappa shape index (κ2) is 6.18. The molecule has 0 aromatic heterocycles. The quantitative estimate of drug-likeness (QED) is 0.799. The molecule has 0 spiro atoms. The minimum atomic E-state index is -0.811. The highest BCUT2D eigenvalue weighted by atomic mass is 79.9. The third-order valence-electron chi connectivity index (χ3n) is 3.32. The van der Waals surface area contributed by atoms with Gasteiger partial charge in [0.25, 0.3) is 0 Å². The summed E-state index contributed by atoms with van der Waals surface area (Å²) in [5.41, 5.74) is 1.32. The fourth-order valence-corrected chi connectivity index (χ4v) is 2.54. The number of nitriles is 1. The average molecular weight is 385 g/mol. The topological polar surface area (TPSA) is 90.6 Å². The van der Waals surface area contributed by atoms with E-state index in [4.69, 9.17) is 10.00 Å². The number of carbonyl (C=O) groups excluding carboxylic acids is 2. The number of ether oxygens (including phenoxy) is 1. The van der Waals surface area contributed by atoms with Gasteiger partial charge < -0.3 is 9.84 Å². The summed E-state index contributed by atoms with van der Waals surface area (Å²) in [7, 11) is 0. The van der Waals surface area contributed by atoms with Gasteiger partial charge in [0.15, 0.2) is 5.76 Å². The van der Waals surface area contributed by atoms with Crippen molar-refractivity contribution in [3.8, 4) is 11.8 Å². The van der Waals surface area contributed by atoms with E-state index >= 15 is 0 Å². The zero-order valence-electron chi connectivity index (χ0n) is 12.1. The minimum Gasteiger partial charge on any atom is -0.507 e. The molecule has 0 bridgehead atoms. The van der Waals surface area contributed by atoms with Gasteiger partial charge in [-0.25, -0.2) is 9.69 Å². The molecule has 1 aliphatic rings. The number of amides is 2. The number of aromatic hydroxyl groups is 1. The van der Waals surface area contributed by atoms with E-state index in [9.17, 15) is 14.7 Å². The predicted molar refractivity (Wildman–Crippen MR) is 88.9 cm³/mol.